The quantitative estimate of drug-likeness (QED) is 0.382. The third-order valence-electron chi connectivity index (χ3n) is 10.1. The Morgan fingerprint density at radius 3 is 2.92 bits per heavy atom. The van der Waals surface area contributed by atoms with E-state index < -0.39 is 0 Å². The average molecular weight is 583 g/mol. The predicted octanol–water partition coefficient (Wildman–Crippen LogP) is 6.04. The van der Waals surface area contributed by atoms with Gasteiger partial charge in [-0.1, -0.05) is 24.6 Å². The van der Waals surface area contributed by atoms with Gasteiger partial charge in [0.1, 0.15) is 5.75 Å². The first-order chi connectivity index (χ1) is 19.5. The molecule has 1 N–H and O–H groups in total. The van der Waals surface area contributed by atoms with Crippen LogP contribution in [0.15, 0.2) is 36.4 Å². The van der Waals surface area contributed by atoms with Crippen molar-refractivity contribution in [3.63, 3.8) is 0 Å². The van der Waals surface area contributed by atoms with Crippen molar-refractivity contribution in [2.24, 2.45) is 17.8 Å². The molecular weight excluding hydrogens is 544 g/mol. The third kappa shape index (κ3) is 5.01. The fourth-order valence-corrected chi connectivity index (χ4v) is 8.43. The lowest BCUT2D eigenvalue weighted by Gasteiger charge is -2.48. The largest absolute Gasteiger partial charge is 0.490 e. The van der Waals surface area contributed by atoms with Gasteiger partial charge < -0.3 is 19.1 Å². The zero-order chi connectivity index (χ0) is 27.3. The molecule has 2 aromatic carbocycles. The molecule has 40 heavy (non-hydrogen) atoms. The Kier molecular flexibility index (Phi) is 7.44. The van der Waals surface area contributed by atoms with Gasteiger partial charge in [0.05, 0.1) is 37.7 Å². The average Bonchev–Trinajstić information content (AvgIpc) is 3.09. The number of benzene rings is 2. The van der Waals surface area contributed by atoms with Crippen LogP contribution in [0.1, 0.15) is 60.5 Å². The summed E-state index contributed by atoms with van der Waals surface area (Å²) in [5.74, 6) is 2.98. The highest BCUT2D eigenvalue weighted by atomic mass is 35.5. The zero-order valence-electron chi connectivity index (χ0n) is 23.2. The molecule has 0 aromatic heterocycles. The summed E-state index contributed by atoms with van der Waals surface area (Å²) in [5.41, 5.74) is 4.29. The van der Waals surface area contributed by atoms with Crippen LogP contribution in [0.5, 0.6) is 5.75 Å². The number of halogens is 1. The molecule has 1 saturated carbocycles. The second-order valence-corrected chi connectivity index (χ2v) is 13.9. The van der Waals surface area contributed by atoms with Crippen LogP contribution >= 0.6 is 23.5 Å². The van der Waals surface area contributed by atoms with Gasteiger partial charge >= 0.3 is 0 Å². The highest BCUT2D eigenvalue weighted by Gasteiger charge is 2.46. The first kappa shape index (κ1) is 26.9. The number of hydrogen-bond donors (Lipinski definition) is 1. The summed E-state index contributed by atoms with van der Waals surface area (Å²) in [4.78, 5) is 15.7. The Bertz CT molecular complexity index is 1280. The molecule has 1 amide bonds. The van der Waals surface area contributed by atoms with Gasteiger partial charge in [-0.25, -0.2) is 0 Å². The van der Waals surface area contributed by atoms with Crippen LogP contribution in [0.25, 0.3) is 0 Å². The number of fused-ring (bicyclic) bond motifs is 7. The van der Waals surface area contributed by atoms with Crippen molar-refractivity contribution >= 4 is 35.1 Å². The molecule has 0 unspecified atom stereocenters. The van der Waals surface area contributed by atoms with Gasteiger partial charge in [0.25, 0.3) is 5.91 Å². The SMILES string of the molecule is C[C@H]1CO[C@@H]2C[C@@H]1OCCSNC(=O)c1ccc3c(c1)N(C[C@@H]1CC[C@H]12)C[C@@]1(CCCc2cc(Cl)ccc21)CO3. The molecule has 6 atom stereocenters. The first-order valence-corrected chi connectivity index (χ1v) is 16.3. The fraction of sp³-hybridized carbons (Fsp3) is 0.594. The van der Waals surface area contributed by atoms with E-state index in [1.165, 1.54) is 35.9 Å². The van der Waals surface area contributed by atoms with Gasteiger partial charge in [0.15, 0.2) is 0 Å². The van der Waals surface area contributed by atoms with E-state index in [0.29, 0.717) is 36.5 Å². The summed E-state index contributed by atoms with van der Waals surface area (Å²) >= 11 is 7.85. The lowest BCUT2D eigenvalue weighted by Crippen LogP contribution is -2.51. The Morgan fingerprint density at radius 2 is 2.05 bits per heavy atom. The van der Waals surface area contributed by atoms with Crippen LogP contribution < -0.4 is 14.4 Å². The number of nitrogens with one attached hydrogen (secondary N) is 1. The van der Waals surface area contributed by atoms with Gasteiger partial charge in [-0.05, 0) is 97.3 Å². The van der Waals surface area contributed by atoms with Crippen LogP contribution in [0.2, 0.25) is 5.02 Å². The maximum atomic E-state index is 13.2. The summed E-state index contributed by atoms with van der Waals surface area (Å²) < 4.78 is 22.4. The highest BCUT2D eigenvalue weighted by molar-refractivity contribution is 7.97. The minimum atomic E-state index is -0.120. The number of carbonyl (C=O) groups is 1. The molecular formula is C32H39ClN2O4S. The van der Waals surface area contributed by atoms with Crippen molar-refractivity contribution in [3.05, 3.63) is 58.1 Å². The van der Waals surface area contributed by atoms with E-state index in [9.17, 15) is 4.79 Å². The van der Waals surface area contributed by atoms with Gasteiger partial charge in [-0.2, -0.15) is 0 Å². The Hall–Kier alpha value is -1.93. The van der Waals surface area contributed by atoms with E-state index in [4.69, 9.17) is 25.8 Å². The molecule has 1 spiro atoms. The van der Waals surface area contributed by atoms with Crippen LogP contribution in [0, 0.1) is 17.8 Å². The summed E-state index contributed by atoms with van der Waals surface area (Å²) in [7, 11) is 0. The first-order valence-electron chi connectivity index (χ1n) is 15.0. The van der Waals surface area contributed by atoms with E-state index in [-0.39, 0.29) is 23.5 Å². The van der Waals surface area contributed by atoms with E-state index in [1.807, 2.05) is 24.3 Å². The molecule has 3 aliphatic heterocycles. The molecule has 2 aromatic rings. The number of carbonyl (C=O) groups excluding carboxylic acids is 1. The zero-order valence-corrected chi connectivity index (χ0v) is 24.8. The summed E-state index contributed by atoms with van der Waals surface area (Å²) in [6, 6.07) is 12.3. The molecule has 8 heteroatoms. The van der Waals surface area contributed by atoms with Crippen LogP contribution in [0.4, 0.5) is 5.69 Å². The molecule has 4 bridgehead atoms. The lowest BCUT2D eigenvalue weighted by atomic mass is 9.67. The Morgan fingerprint density at radius 1 is 1.12 bits per heavy atom. The minimum absolute atomic E-state index is 0.0718. The van der Waals surface area contributed by atoms with Crippen molar-refractivity contribution in [2.75, 3.05) is 43.6 Å². The number of aryl methyl sites for hydroxylation is 1. The number of amides is 1. The van der Waals surface area contributed by atoms with Crippen molar-refractivity contribution in [3.8, 4) is 5.75 Å². The van der Waals surface area contributed by atoms with E-state index in [0.717, 1.165) is 67.6 Å². The minimum Gasteiger partial charge on any atom is -0.490 e. The van der Waals surface area contributed by atoms with Crippen molar-refractivity contribution in [1.29, 1.82) is 0 Å². The second kappa shape index (κ2) is 11.0. The second-order valence-electron chi connectivity index (χ2n) is 12.6. The smallest absolute Gasteiger partial charge is 0.261 e. The van der Waals surface area contributed by atoms with Crippen LogP contribution in [-0.4, -0.2) is 56.8 Å². The summed E-state index contributed by atoms with van der Waals surface area (Å²) in [6.07, 6.45) is 7.08. The van der Waals surface area contributed by atoms with E-state index in [1.54, 1.807) is 0 Å². The third-order valence-corrected chi connectivity index (χ3v) is 11.0. The predicted molar refractivity (Wildman–Crippen MR) is 160 cm³/mol. The normalized spacial score (nSPS) is 34.0. The van der Waals surface area contributed by atoms with Crippen molar-refractivity contribution < 1.29 is 19.0 Å². The van der Waals surface area contributed by atoms with Gasteiger partial charge in [0.2, 0.25) is 0 Å². The molecule has 1 saturated heterocycles. The highest BCUT2D eigenvalue weighted by Crippen LogP contribution is 2.47. The monoisotopic (exact) mass is 582 g/mol. The van der Waals surface area contributed by atoms with Gasteiger partial charge in [0, 0.05) is 47.2 Å². The van der Waals surface area contributed by atoms with E-state index in [2.05, 4.69) is 28.7 Å². The van der Waals surface area contributed by atoms with E-state index >= 15 is 0 Å². The number of ether oxygens (including phenoxy) is 3. The molecule has 6 nitrogen and oxygen atoms in total. The maximum Gasteiger partial charge on any atom is 0.261 e. The van der Waals surface area contributed by atoms with Crippen molar-refractivity contribution in [2.45, 2.75) is 63.1 Å². The standard InChI is InChI=1S/C32H39ClN2O4S/c1-20-17-38-30-15-29(20)37-11-12-40-34-31(36)22-5-9-28-27(14-22)35(16-23-4-7-25(23)30)18-32(19-39-28)10-2-3-21-13-24(33)6-8-26(21)32/h5-6,8-9,13-14,20,23,25,29-30H,2-4,7,10-12,15-19H2,1H3,(H,34,36)/t20-,23-,25+,29-,30+,32-/m0/s1. The molecule has 7 rings (SSSR count). The maximum absolute atomic E-state index is 13.2. The summed E-state index contributed by atoms with van der Waals surface area (Å²) in [5, 5.41) is 0.800. The molecule has 3 heterocycles. The van der Waals surface area contributed by atoms with Crippen LogP contribution in [0.3, 0.4) is 0 Å². The topological polar surface area (TPSA) is 60.0 Å². The number of hydrogen-bond acceptors (Lipinski definition) is 6. The molecule has 214 valence electrons. The van der Waals surface area contributed by atoms with Gasteiger partial charge in [-0.15, -0.1) is 0 Å². The van der Waals surface area contributed by atoms with Gasteiger partial charge in [-0.3, -0.25) is 9.52 Å². The fourth-order valence-electron chi connectivity index (χ4n) is 7.71. The van der Waals surface area contributed by atoms with Crippen LogP contribution in [-0.2, 0) is 21.3 Å². The Labute approximate surface area is 246 Å². The Balaban J connectivity index is 1.26. The van der Waals surface area contributed by atoms with Crippen molar-refractivity contribution in [1.82, 2.24) is 4.72 Å². The lowest BCUT2D eigenvalue weighted by molar-refractivity contribution is -0.139. The summed E-state index contributed by atoms with van der Waals surface area (Å²) in [6.45, 7) is 6.05. The molecule has 2 aliphatic carbocycles. The molecule has 5 aliphatic rings. The number of rotatable bonds is 0. The number of anilines is 1. The molecule has 0 radical (unpaired) electrons. The molecule has 2 fully saturated rings. The number of nitrogens with zero attached hydrogens (tertiary/aromatic N) is 1.